The summed E-state index contributed by atoms with van der Waals surface area (Å²) in [6.45, 7) is 4.08. The molecule has 2 amide bonds. The van der Waals surface area contributed by atoms with Gasteiger partial charge in [0.25, 0.3) is 11.8 Å². The third kappa shape index (κ3) is 4.37. The summed E-state index contributed by atoms with van der Waals surface area (Å²) in [6, 6.07) is 8.48. The highest BCUT2D eigenvalue weighted by molar-refractivity contribution is 5.96. The second kappa shape index (κ2) is 7.31. The Morgan fingerprint density at radius 1 is 1.09 bits per heavy atom. The SMILES string of the molecule is CC(C)NC(=O)c1cccc(C(=O)NCc2cccnc2)n1. The van der Waals surface area contributed by atoms with Crippen LogP contribution in [0.2, 0.25) is 0 Å². The molecule has 0 spiro atoms. The van der Waals surface area contributed by atoms with Crippen LogP contribution in [0.1, 0.15) is 40.4 Å². The molecule has 6 nitrogen and oxygen atoms in total. The number of carbonyl (C=O) groups is 2. The van der Waals surface area contributed by atoms with Gasteiger partial charge in [-0.3, -0.25) is 14.6 Å². The molecule has 0 unspecified atom stereocenters. The minimum absolute atomic E-state index is 0.0114. The van der Waals surface area contributed by atoms with Gasteiger partial charge in [0.2, 0.25) is 0 Å². The Bertz CT molecular complexity index is 656. The van der Waals surface area contributed by atoms with E-state index in [4.69, 9.17) is 0 Å². The third-order valence-corrected chi connectivity index (χ3v) is 2.81. The maximum Gasteiger partial charge on any atom is 0.270 e. The summed E-state index contributed by atoms with van der Waals surface area (Å²) >= 11 is 0. The summed E-state index contributed by atoms with van der Waals surface area (Å²) in [7, 11) is 0. The van der Waals surface area contributed by atoms with Crippen molar-refractivity contribution in [3.05, 3.63) is 59.7 Å². The molecule has 2 aromatic heterocycles. The molecule has 2 rings (SSSR count). The molecule has 0 aliphatic heterocycles. The third-order valence-electron chi connectivity index (χ3n) is 2.81. The van der Waals surface area contributed by atoms with Crippen LogP contribution in [-0.2, 0) is 6.54 Å². The Morgan fingerprint density at radius 2 is 1.82 bits per heavy atom. The monoisotopic (exact) mass is 298 g/mol. The number of pyridine rings is 2. The van der Waals surface area contributed by atoms with Crippen molar-refractivity contribution < 1.29 is 9.59 Å². The molecule has 2 N–H and O–H groups in total. The van der Waals surface area contributed by atoms with Gasteiger partial charge in [-0.1, -0.05) is 12.1 Å². The first-order valence-electron chi connectivity index (χ1n) is 7.01. The zero-order chi connectivity index (χ0) is 15.9. The number of hydrogen-bond donors (Lipinski definition) is 2. The van der Waals surface area contributed by atoms with E-state index in [9.17, 15) is 9.59 Å². The van der Waals surface area contributed by atoms with Crippen LogP contribution in [0.5, 0.6) is 0 Å². The van der Waals surface area contributed by atoms with E-state index in [1.54, 1.807) is 36.7 Å². The molecule has 114 valence electrons. The Hall–Kier alpha value is -2.76. The number of amides is 2. The van der Waals surface area contributed by atoms with Crippen LogP contribution in [0.4, 0.5) is 0 Å². The normalized spacial score (nSPS) is 10.3. The van der Waals surface area contributed by atoms with Crippen LogP contribution in [0.15, 0.2) is 42.7 Å². The van der Waals surface area contributed by atoms with Crippen LogP contribution in [0.25, 0.3) is 0 Å². The van der Waals surface area contributed by atoms with Crippen molar-refractivity contribution in [1.82, 2.24) is 20.6 Å². The second-order valence-corrected chi connectivity index (χ2v) is 5.08. The minimum atomic E-state index is -0.331. The molecular weight excluding hydrogens is 280 g/mol. The van der Waals surface area contributed by atoms with Crippen molar-refractivity contribution in [3.63, 3.8) is 0 Å². The maximum absolute atomic E-state index is 12.1. The highest BCUT2D eigenvalue weighted by atomic mass is 16.2. The lowest BCUT2D eigenvalue weighted by atomic mass is 10.2. The lowest BCUT2D eigenvalue weighted by Gasteiger charge is -2.09. The number of nitrogens with one attached hydrogen (secondary N) is 2. The summed E-state index contributed by atoms with van der Waals surface area (Å²) in [6.07, 6.45) is 3.35. The van der Waals surface area contributed by atoms with Gasteiger partial charge in [-0.2, -0.15) is 0 Å². The molecule has 0 aromatic carbocycles. The van der Waals surface area contributed by atoms with Gasteiger partial charge >= 0.3 is 0 Å². The number of rotatable bonds is 5. The van der Waals surface area contributed by atoms with E-state index in [1.807, 2.05) is 19.9 Å². The summed E-state index contributed by atoms with van der Waals surface area (Å²) in [5.74, 6) is -0.625. The van der Waals surface area contributed by atoms with Crippen molar-refractivity contribution in [2.45, 2.75) is 26.4 Å². The van der Waals surface area contributed by atoms with Gasteiger partial charge in [0.15, 0.2) is 0 Å². The standard InChI is InChI=1S/C16H18N4O2/c1-11(2)19-16(22)14-7-3-6-13(20-14)15(21)18-10-12-5-4-8-17-9-12/h3-9,11H,10H2,1-2H3,(H,18,21)(H,19,22). The van der Waals surface area contributed by atoms with Crippen LogP contribution < -0.4 is 10.6 Å². The van der Waals surface area contributed by atoms with E-state index < -0.39 is 0 Å². The summed E-state index contributed by atoms with van der Waals surface area (Å²) < 4.78 is 0. The Labute approximate surface area is 129 Å². The first-order valence-corrected chi connectivity index (χ1v) is 7.01. The van der Waals surface area contributed by atoms with Gasteiger partial charge < -0.3 is 10.6 Å². The lowest BCUT2D eigenvalue weighted by Crippen LogP contribution is -2.31. The number of hydrogen-bond acceptors (Lipinski definition) is 4. The fourth-order valence-electron chi connectivity index (χ4n) is 1.80. The van der Waals surface area contributed by atoms with Crippen LogP contribution >= 0.6 is 0 Å². The highest BCUT2D eigenvalue weighted by Crippen LogP contribution is 2.02. The van der Waals surface area contributed by atoms with E-state index in [-0.39, 0.29) is 29.2 Å². The molecule has 22 heavy (non-hydrogen) atoms. The van der Waals surface area contributed by atoms with Gasteiger partial charge in [-0.15, -0.1) is 0 Å². The van der Waals surface area contributed by atoms with Crippen molar-refractivity contribution in [2.24, 2.45) is 0 Å². The van der Waals surface area contributed by atoms with Gasteiger partial charge in [0.1, 0.15) is 11.4 Å². The Balaban J connectivity index is 2.02. The fraction of sp³-hybridized carbons (Fsp3) is 0.250. The van der Waals surface area contributed by atoms with Crippen molar-refractivity contribution in [1.29, 1.82) is 0 Å². The molecular formula is C16H18N4O2. The van der Waals surface area contributed by atoms with Gasteiger partial charge in [0.05, 0.1) is 0 Å². The van der Waals surface area contributed by atoms with Crippen LogP contribution in [0.3, 0.4) is 0 Å². The van der Waals surface area contributed by atoms with Crippen LogP contribution in [-0.4, -0.2) is 27.8 Å². The first-order chi connectivity index (χ1) is 10.6. The molecule has 0 radical (unpaired) electrons. The van der Waals surface area contributed by atoms with E-state index in [0.717, 1.165) is 5.56 Å². The summed E-state index contributed by atoms with van der Waals surface area (Å²) in [4.78, 5) is 32.1. The molecule has 0 saturated carbocycles. The van der Waals surface area contributed by atoms with E-state index in [1.165, 1.54) is 0 Å². The average Bonchev–Trinajstić information content (AvgIpc) is 2.53. The smallest absolute Gasteiger partial charge is 0.270 e. The first kappa shape index (κ1) is 15.6. The maximum atomic E-state index is 12.1. The number of carbonyl (C=O) groups excluding carboxylic acids is 2. The van der Waals surface area contributed by atoms with Crippen molar-refractivity contribution >= 4 is 11.8 Å². The van der Waals surface area contributed by atoms with Crippen LogP contribution in [0, 0.1) is 0 Å². The predicted molar refractivity (Wildman–Crippen MR) is 82.2 cm³/mol. The predicted octanol–water partition coefficient (Wildman–Crippen LogP) is 1.54. The summed E-state index contributed by atoms with van der Waals surface area (Å²) in [5.41, 5.74) is 1.33. The van der Waals surface area contributed by atoms with Crippen molar-refractivity contribution in [3.8, 4) is 0 Å². The minimum Gasteiger partial charge on any atom is -0.349 e. The molecule has 2 heterocycles. The lowest BCUT2D eigenvalue weighted by molar-refractivity contribution is 0.0936. The van der Waals surface area contributed by atoms with E-state index in [0.29, 0.717) is 6.54 Å². The zero-order valence-corrected chi connectivity index (χ0v) is 12.5. The number of nitrogens with zero attached hydrogens (tertiary/aromatic N) is 2. The van der Waals surface area contributed by atoms with Crippen molar-refractivity contribution in [2.75, 3.05) is 0 Å². The Kier molecular flexibility index (Phi) is 5.19. The molecule has 0 aliphatic rings. The highest BCUT2D eigenvalue weighted by Gasteiger charge is 2.12. The molecule has 6 heteroatoms. The number of aromatic nitrogens is 2. The zero-order valence-electron chi connectivity index (χ0n) is 12.5. The molecule has 0 fully saturated rings. The molecule has 0 atom stereocenters. The van der Waals surface area contributed by atoms with Gasteiger partial charge in [0, 0.05) is 25.0 Å². The Morgan fingerprint density at radius 3 is 2.45 bits per heavy atom. The molecule has 0 aliphatic carbocycles. The fourth-order valence-corrected chi connectivity index (χ4v) is 1.80. The second-order valence-electron chi connectivity index (χ2n) is 5.08. The summed E-state index contributed by atoms with van der Waals surface area (Å²) in [5, 5.41) is 5.49. The van der Waals surface area contributed by atoms with Gasteiger partial charge in [-0.05, 0) is 37.6 Å². The molecule has 2 aromatic rings. The topological polar surface area (TPSA) is 84.0 Å². The largest absolute Gasteiger partial charge is 0.349 e. The quantitative estimate of drug-likeness (QED) is 0.877. The van der Waals surface area contributed by atoms with E-state index in [2.05, 4.69) is 20.6 Å². The van der Waals surface area contributed by atoms with Gasteiger partial charge in [-0.25, -0.2) is 4.98 Å². The molecule has 0 bridgehead atoms. The van der Waals surface area contributed by atoms with E-state index >= 15 is 0 Å². The molecule has 0 saturated heterocycles. The average molecular weight is 298 g/mol.